The zero-order chi connectivity index (χ0) is 10.2. The van der Waals surface area contributed by atoms with E-state index in [4.69, 9.17) is 11.6 Å². The maximum Gasteiger partial charge on any atom is 0.434 e. The molecule has 0 N–H and O–H groups in total. The van der Waals surface area contributed by atoms with Gasteiger partial charge in [-0.05, 0) is 25.0 Å². The summed E-state index contributed by atoms with van der Waals surface area (Å²) in [5.41, 5.74) is 0.0549. The Morgan fingerprint density at radius 2 is 1.85 bits per heavy atom. The van der Waals surface area contributed by atoms with Crippen molar-refractivity contribution in [1.82, 2.24) is 4.98 Å². The maximum absolute atomic E-state index is 12.2. The molecule has 0 saturated carbocycles. The van der Waals surface area contributed by atoms with Crippen LogP contribution >= 0.6 is 11.6 Å². The predicted octanol–water partition coefficient (Wildman–Crippen LogP) is 3.37. The minimum absolute atomic E-state index is 0.312. The number of alkyl halides is 3. The molecule has 0 atom stereocenters. The lowest BCUT2D eigenvalue weighted by Crippen LogP contribution is -2.10. The lowest BCUT2D eigenvalue weighted by atomic mass is 10.1. The molecule has 0 saturated heterocycles. The number of pyridine rings is 1. The normalized spacial score (nSPS) is 11.8. The molecule has 0 fully saturated rings. The van der Waals surface area contributed by atoms with Crippen molar-refractivity contribution in [2.24, 2.45) is 0 Å². The van der Waals surface area contributed by atoms with E-state index in [0.29, 0.717) is 11.1 Å². The standard InChI is InChI=1S/C8H7ClF3N/c1-4-3-13-7(8(10,11)12)6(9)5(4)2/h3H,1-2H3. The van der Waals surface area contributed by atoms with Crippen LogP contribution in [-0.2, 0) is 6.18 Å². The smallest absolute Gasteiger partial charge is 0.250 e. The lowest BCUT2D eigenvalue weighted by molar-refractivity contribution is -0.141. The molecule has 1 nitrogen and oxygen atoms in total. The number of hydrogen-bond donors (Lipinski definition) is 0. The van der Waals surface area contributed by atoms with Crippen LogP contribution in [-0.4, -0.2) is 4.98 Å². The Labute approximate surface area is 78.5 Å². The second-order valence-electron chi connectivity index (χ2n) is 2.73. The molecule has 0 aliphatic carbocycles. The van der Waals surface area contributed by atoms with E-state index in [1.807, 2.05) is 0 Å². The van der Waals surface area contributed by atoms with Crippen molar-refractivity contribution in [2.45, 2.75) is 20.0 Å². The molecule has 13 heavy (non-hydrogen) atoms. The van der Waals surface area contributed by atoms with Crippen LogP contribution < -0.4 is 0 Å². The summed E-state index contributed by atoms with van der Waals surface area (Å²) in [6, 6.07) is 0. The van der Waals surface area contributed by atoms with Gasteiger partial charge in [-0.2, -0.15) is 13.2 Å². The Morgan fingerprint density at radius 3 is 2.31 bits per heavy atom. The first-order valence-electron chi connectivity index (χ1n) is 3.53. The molecular formula is C8H7ClF3N. The fraction of sp³-hybridized carbons (Fsp3) is 0.375. The molecule has 0 unspecified atom stereocenters. The lowest BCUT2D eigenvalue weighted by Gasteiger charge is -2.10. The first-order chi connectivity index (χ1) is 5.84. The fourth-order valence-electron chi connectivity index (χ4n) is 0.863. The van der Waals surface area contributed by atoms with Crippen LogP contribution in [0.5, 0.6) is 0 Å². The molecule has 1 aromatic rings. The SMILES string of the molecule is Cc1cnc(C(F)(F)F)c(Cl)c1C. The number of rotatable bonds is 0. The molecule has 1 rings (SSSR count). The van der Waals surface area contributed by atoms with Crippen molar-refractivity contribution < 1.29 is 13.2 Å². The van der Waals surface area contributed by atoms with Crippen LogP contribution in [0.15, 0.2) is 6.20 Å². The van der Waals surface area contributed by atoms with Crippen LogP contribution in [0.4, 0.5) is 13.2 Å². The van der Waals surface area contributed by atoms with E-state index >= 15 is 0 Å². The summed E-state index contributed by atoms with van der Waals surface area (Å²) in [7, 11) is 0. The monoisotopic (exact) mass is 209 g/mol. The second kappa shape index (κ2) is 3.18. The summed E-state index contributed by atoms with van der Waals surface area (Å²) in [6.45, 7) is 3.20. The Kier molecular flexibility index (Phi) is 2.52. The molecule has 72 valence electrons. The van der Waals surface area contributed by atoms with Crippen LogP contribution in [0.2, 0.25) is 5.02 Å². The highest BCUT2D eigenvalue weighted by Gasteiger charge is 2.35. The van der Waals surface area contributed by atoms with Gasteiger partial charge in [0, 0.05) is 6.20 Å². The molecule has 0 amide bonds. The largest absolute Gasteiger partial charge is 0.434 e. The first kappa shape index (κ1) is 10.3. The van der Waals surface area contributed by atoms with Gasteiger partial charge in [0.1, 0.15) is 0 Å². The third-order valence-electron chi connectivity index (χ3n) is 1.78. The minimum Gasteiger partial charge on any atom is -0.250 e. The highest BCUT2D eigenvalue weighted by Crippen LogP contribution is 2.34. The van der Waals surface area contributed by atoms with E-state index in [2.05, 4.69) is 4.98 Å². The number of halogens is 4. The van der Waals surface area contributed by atoms with Gasteiger partial charge in [-0.25, -0.2) is 0 Å². The Hall–Kier alpha value is -0.770. The second-order valence-corrected chi connectivity index (χ2v) is 3.10. The van der Waals surface area contributed by atoms with Gasteiger partial charge in [-0.3, -0.25) is 4.98 Å². The van der Waals surface area contributed by atoms with E-state index in [-0.39, 0.29) is 5.02 Å². The van der Waals surface area contributed by atoms with Gasteiger partial charge < -0.3 is 0 Å². The zero-order valence-corrected chi connectivity index (χ0v) is 7.79. The molecule has 0 radical (unpaired) electrons. The summed E-state index contributed by atoms with van der Waals surface area (Å²) in [4.78, 5) is 3.25. The first-order valence-corrected chi connectivity index (χ1v) is 3.90. The van der Waals surface area contributed by atoms with Gasteiger partial charge in [0.2, 0.25) is 0 Å². The van der Waals surface area contributed by atoms with Crippen LogP contribution in [0.25, 0.3) is 0 Å². The van der Waals surface area contributed by atoms with Crippen LogP contribution in [0, 0.1) is 13.8 Å². The topological polar surface area (TPSA) is 12.9 Å². The molecule has 5 heteroatoms. The Balaban J connectivity index is 3.35. The highest BCUT2D eigenvalue weighted by molar-refractivity contribution is 6.32. The Morgan fingerprint density at radius 1 is 1.31 bits per heavy atom. The van der Waals surface area contributed by atoms with Crippen molar-refractivity contribution >= 4 is 11.6 Å². The molecule has 0 bridgehead atoms. The highest BCUT2D eigenvalue weighted by atomic mass is 35.5. The van der Waals surface area contributed by atoms with E-state index in [1.165, 1.54) is 13.1 Å². The molecule has 0 aliphatic rings. The number of aromatic nitrogens is 1. The minimum atomic E-state index is -4.48. The van der Waals surface area contributed by atoms with Gasteiger partial charge >= 0.3 is 6.18 Å². The molecular weight excluding hydrogens is 203 g/mol. The molecule has 0 aromatic carbocycles. The quantitative estimate of drug-likeness (QED) is 0.638. The molecule has 1 aromatic heterocycles. The van der Waals surface area contributed by atoms with E-state index in [1.54, 1.807) is 6.92 Å². The number of hydrogen-bond acceptors (Lipinski definition) is 1. The number of aryl methyl sites for hydroxylation is 1. The fourth-order valence-corrected chi connectivity index (χ4v) is 1.17. The summed E-state index contributed by atoms with van der Waals surface area (Å²) >= 11 is 5.50. The van der Waals surface area contributed by atoms with Crippen molar-refractivity contribution in [3.8, 4) is 0 Å². The van der Waals surface area contributed by atoms with E-state index < -0.39 is 11.9 Å². The zero-order valence-electron chi connectivity index (χ0n) is 7.04. The number of nitrogens with zero attached hydrogens (tertiary/aromatic N) is 1. The van der Waals surface area contributed by atoms with E-state index in [0.717, 1.165) is 0 Å². The van der Waals surface area contributed by atoms with Gasteiger partial charge in [0.25, 0.3) is 0 Å². The van der Waals surface area contributed by atoms with Crippen molar-refractivity contribution in [1.29, 1.82) is 0 Å². The van der Waals surface area contributed by atoms with Gasteiger partial charge in [-0.1, -0.05) is 11.6 Å². The van der Waals surface area contributed by atoms with Crippen molar-refractivity contribution in [3.63, 3.8) is 0 Å². The average Bonchev–Trinajstić information content (AvgIpc) is 1.98. The summed E-state index contributed by atoms with van der Waals surface area (Å²) in [6.07, 6.45) is -3.31. The average molecular weight is 210 g/mol. The van der Waals surface area contributed by atoms with Gasteiger partial charge in [-0.15, -0.1) is 0 Å². The van der Waals surface area contributed by atoms with Gasteiger partial charge in [0.05, 0.1) is 5.02 Å². The van der Waals surface area contributed by atoms with Crippen molar-refractivity contribution in [3.05, 3.63) is 28.0 Å². The third-order valence-corrected chi connectivity index (χ3v) is 2.25. The summed E-state index contributed by atoms with van der Waals surface area (Å²) in [5, 5.41) is -0.312. The molecule has 0 spiro atoms. The van der Waals surface area contributed by atoms with Crippen LogP contribution in [0.3, 0.4) is 0 Å². The summed E-state index contributed by atoms with van der Waals surface area (Å²) in [5.74, 6) is 0. The van der Waals surface area contributed by atoms with Crippen molar-refractivity contribution in [2.75, 3.05) is 0 Å². The van der Waals surface area contributed by atoms with Crippen LogP contribution in [0.1, 0.15) is 16.8 Å². The van der Waals surface area contributed by atoms with Gasteiger partial charge in [0.15, 0.2) is 5.69 Å². The third kappa shape index (κ3) is 1.94. The predicted molar refractivity (Wildman–Crippen MR) is 43.7 cm³/mol. The Bertz CT molecular complexity index is 333. The maximum atomic E-state index is 12.2. The summed E-state index contributed by atoms with van der Waals surface area (Å²) < 4.78 is 36.6. The molecule has 0 aliphatic heterocycles. The van der Waals surface area contributed by atoms with E-state index in [9.17, 15) is 13.2 Å². The molecule has 1 heterocycles.